The molecule has 3 aromatic rings. The quantitative estimate of drug-likeness (QED) is 0.549. The summed E-state index contributed by atoms with van der Waals surface area (Å²) in [6.07, 6.45) is 0. The van der Waals surface area contributed by atoms with Crippen molar-refractivity contribution in [3.05, 3.63) is 83.9 Å². The highest BCUT2D eigenvalue weighted by molar-refractivity contribution is 7.81. The minimum absolute atomic E-state index is 0.257. The normalized spacial score (nSPS) is 12.3. The summed E-state index contributed by atoms with van der Waals surface area (Å²) in [5.74, 6) is 0. The molecular formula is C24H27OP2+. The lowest BCUT2D eigenvalue weighted by Crippen LogP contribution is -2.31. The van der Waals surface area contributed by atoms with Gasteiger partial charge in [-0.2, -0.15) is 0 Å². The van der Waals surface area contributed by atoms with Gasteiger partial charge in [-0.05, 0) is 65.3 Å². The van der Waals surface area contributed by atoms with Crippen molar-refractivity contribution < 1.29 is 4.57 Å². The number of benzene rings is 3. The van der Waals surface area contributed by atoms with Gasteiger partial charge in [0.15, 0.2) is 10.5 Å². The van der Waals surface area contributed by atoms with E-state index in [1.807, 2.05) is 6.07 Å². The number of hydrogen-bond donors (Lipinski definition) is 0. The van der Waals surface area contributed by atoms with Crippen LogP contribution in [0.2, 0.25) is 0 Å². The van der Waals surface area contributed by atoms with Crippen LogP contribution in [0, 0.1) is 13.8 Å². The van der Waals surface area contributed by atoms with E-state index in [0.29, 0.717) is 0 Å². The third kappa shape index (κ3) is 4.55. The smallest absolute Gasteiger partial charge is 0.0674 e. The van der Waals surface area contributed by atoms with Gasteiger partial charge in [-0.15, -0.1) is 0 Å². The van der Waals surface area contributed by atoms with Crippen molar-refractivity contribution in [2.45, 2.75) is 39.8 Å². The minimum Gasteiger partial charge on any atom is -0.0674 e. The molecule has 0 radical (unpaired) electrons. The summed E-state index contributed by atoms with van der Waals surface area (Å²) in [7, 11) is -2.25. The maximum Gasteiger partial charge on any atom is 0.382 e. The van der Waals surface area contributed by atoms with Crippen LogP contribution in [0.3, 0.4) is 0 Å². The van der Waals surface area contributed by atoms with Crippen molar-refractivity contribution >= 4 is 36.9 Å². The second-order valence-corrected chi connectivity index (χ2v) is 12.6. The molecule has 0 aliphatic heterocycles. The molecule has 0 fully saturated rings. The Hall–Kier alpha value is -1.81. The molecule has 3 rings (SSSR count). The summed E-state index contributed by atoms with van der Waals surface area (Å²) in [6.45, 7) is 10.4. The molecule has 27 heavy (non-hydrogen) atoms. The summed E-state index contributed by atoms with van der Waals surface area (Å²) in [4.78, 5) is 0. The van der Waals surface area contributed by atoms with E-state index in [-0.39, 0.29) is 5.16 Å². The first kappa shape index (κ1) is 19.9. The Kier molecular flexibility index (Phi) is 5.95. The Labute approximate surface area is 165 Å². The fourth-order valence-electron chi connectivity index (χ4n) is 3.00. The predicted octanol–water partition coefficient (Wildman–Crippen LogP) is 5.31. The van der Waals surface area contributed by atoms with Crippen LogP contribution in [0.15, 0.2) is 72.8 Å². The van der Waals surface area contributed by atoms with E-state index in [2.05, 4.69) is 101 Å². The minimum atomic E-state index is -1.50. The Morgan fingerprint density at radius 2 is 1.15 bits per heavy atom. The molecule has 0 bridgehead atoms. The third-order valence-electron chi connectivity index (χ3n) is 4.54. The molecule has 0 amide bonds. The van der Waals surface area contributed by atoms with Crippen LogP contribution in [-0.4, -0.2) is 5.16 Å². The van der Waals surface area contributed by atoms with Gasteiger partial charge in [0.05, 0.1) is 0 Å². The summed E-state index contributed by atoms with van der Waals surface area (Å²) < 4.78 is 13.3. The molecule has 0 heterocycles. The van der Waals surface area contributed by atoms with Gasteiger partial charge in [0.2, 0.25) is 0 Å². The lowest BCUT2D eigenvalue weighted by molar-refractivity contribution is 0.572. The fourth-order valence-corrected chi connectivity index (χ4v) is 7.09. The summed E-state index contributed by atoms with van der Waals surface area (Å²) in [6, 6.07) is 25.9. The SMILES string of the molecule is Cc1ccc(P(c2ccc(C)cc2)c2ccccc2[P+](=O)C(C)(C)C)cc1. The highest BCUT2D eigenvalue weighted by Crippen LogP contribution is 2.40. The Bertz CT molecular complexity index is 890. The van der Waals surface area contributed by atoms with E-state index >= 15 is 0 Å². The molecular weight excluding hydrogens is 366 g/mol. The summed E-state index contributed by atoms with van der Waals surface area (Å²) in [5, 5.41) is 4.53. The molecule has 0 spiro atoms. The predicted molar refractivity (Wildman–Crippen MR) is 122 cm³/mol. The van der Waals surface area contributed by atoms with Gasteiger partial charge in [-0.3, -0.25) is 0 Å². The molecule has 1 unspecified atom stereocenters. The van der Waals surface area contributed by atoms with Crippen LogP contribution < -0.4 is 21.2 Å². The van der Waals surface area contributed by atoms with E-state index in [4.69, 9.17) is 0 Å². The van der Waals surface area contributed by atoms with Gasteiger partial charge < -0.3 is 0 Å². The van der Waals surface area contributed by atoms with Crippen LogP contribution in [0.1, 0.15) is 31.9 Å². The average Bonchev–Trinajstić information content (AvgIpc) is 2.64. The summed E-state index contributed by atoms with van der Waals surface area (Å²) >= 11 is 0. The van der Waals surface area contributed by atoms with Crippen molar-refractivity contribution in [3.8, 4) is 0 Å². The second kappa shape index (κ2) is 8.05. The first-order valence-electron chi connectivity index (χ1n) is 9.27. The van der Waals surface area contributed by atoms with Crippen molar-refractivity contribution in [2.75, 3.05) is 0 Å². The van der Waals surface area contributed by atoms with Gasteiger partial charge in [0.1, 0.15) is 0 Å². The molecule has 0 saturated heterocycles. The topological polar surface area (TPSA) is 17.1 Å². The van der Waals surface area contributed by atoms with Gasteiger partial charge in [-0.25, -0.2) is 0 Å². The zero-order chi connectivity index (χ0) is 19.6. The zero-order valence-corrected chi connectivity index (χ0v) is 18.5. The van der Waals surface area contributed by atoms with Crippen LogP contribution in [0.5, 0.6) is 0 Å². The molecule has 3 heteroatoms. The highest BCUT2D eigenvalue weighted by Gasteiger charge is 2.39. The highest BCUT2D eigenvalue weighted by atomic mass is 31.1. The largest absolute Gasteiger partial charge is 0.382 e. The van der Waals surface area contributed by atoms with Gasteiger partial charge in [0.25, 0.3) is 0 Å². The monoisotopic (exact) mass is 393 g/mol. The van der Waals surface area contributed by atoms with Crippen LogP contribution in [0.25, 0.3) is 0 Å². The van der Waals surface area contributed by atoms with Crippen LogP contribution in [0.4, 0.5) is 0 Å². The third-order valence-corrected chi connectivity index (χ3v) is 9.26. The lowest BCUT2D eigenvalue weighted by atomic mass is 10.2. The molecule has 138 valence electrons. The maximum atomic E-state index is 13.3. The second-order valence-electron chi connectivity index (χ2n) is 7.96. The maximum absolute atomic E-state index is 13.3. The molecule has 3 aromatic carbocycles. The van der Waals surface area contributed by atoms with Gasteiger partial charge in [-0.1, -0.05) is 76.4 Å². The zero-order valence-electron chi connectivity index (χ0n) is 16.7. The van der Waals surface area contributed by atoms with E-state index in [0.717, 1.165) is 5.30 Å². The number of rotatable bonds is 4. The molecule has 0 N–H and O–H groups in total. The van der Waals surface area contributed by atoms with Gasteiger partial charge >= 0.3 is 7.80 Å². The lowest BCUT2D eigenvalue weighted by Gasteiger charge is -2.20. The standard InChI is InChI=1S/C24H27OP2/c1-18-10-14-20(15-11-18)26(21-16-12-19(2)13-17-21)22-8-6-7-9-23(22)27(25)24(3,4)5/h6-17H,1-5H3/q+1. The van der Waals surface area contributed by atoms with E-state index < -0.39 is 15.7 Å². The molecule has 0 aliphatic rings. The first-order chi connectivity index (χ1) is 12.8. The Morgan fingerprint density at radius 1 is 0.704 bits per heavy atom. The molecule has 1 atom stereocenters. The van der Waals surface area contributed by atoms with Gasteiger partial charge in [0, 0.05) is 5.30 Å². The van der Waals surface area contributed by atoms with Crippen LogP contribution in [-0.2, 0) is 4.57 Å². The Balaban J connectivity index is 2.21. The van der Waals surface area contributed by atoms with E-state index in [1.165, 1.54) is 27.0 Å². The van der Waals surface area contributed by atoms with Crippen molar-refractivity contribution in [2.24, 2.45) is 0 Å². The molecule has 0 aromatic heterocycles. The number of aryl methyl sites for hydroxylation is 2. The van der Waals surface area contributed by atoms with Crippen molar-refractivity contribution in [1.82, 2.24) is 0 Å². The van der Waals surface area contributed by atoms with E-state index in [9.17, 15) is 4.57 Å². The van der Waals surface area contributed by atoms with Crippen molar-refractivity contribution in [3.63, 3.8) is 0 Å². The molecule has 0 aliphatic carbocycles. The average molecular weight is 393 g/mol. The molecule has 0 saturated carbocycles. The number of hydrogen-bond acceptors (Lipinski definition) is 1. The fraction of sp³-hybridized carbons (Fsp3) is 0.250. The Morgan fingerprint density at radius 3 is 1.59 bits per heavy atom. The van der Waals surface area contributed by atoms with Crippen molar-refractivity contribution in [1.29, 1.82) is 0 Å². The summed E-state index contributed by atoms with van der Waals surface area (Å²) in [5.41, 5.74) is 2.51. The molecule has 1 nitrogen and oxygen atoms in total. The first-order valence-corrected chi connectivity index (χ1v) is 11.9. The van der Waals surface area contributed by atoms with Crippen LogP contribution >= 0.6 is 15.7 Å². The van der Waals surface area contributed by atoms with E-state index in [1.54, 1.807) is 0 Å².